The molecule has 0 spiro atoms. The predicted molar refractivity (Wildman–Crippen MR) is 154 cm³/mol. The third-order valence-corrected chi connectivity index (χ3v) is 7.54. The molecule has 1 aromatic heterocycles. The van der Waals surface area contributed by atoms with Crippen molar-refractivity contribution in [2.24, 2.45) is 4.99 Å². The minimum atomic E-state index is -0.589. The van der Waals surface area contributed by atoms with E-state index >= 15 is 0 Å². The highest BCUT2D eigenvalue weighted by atomic mass is 79.9. The van der Waals surface area contributed by atoms with E-state index < -0.39 is 11.9 Å². The van der Waals surface area contributed by atoms with Crippen LogP contribution in [0.4, 0.5) is 0 Å². The van der Waals surface area contributed by atoms with Crippen molar-refractivity contribution < 1.29 is 23.8 Å². The maximum absolute atomic E-state index is 12.6. The number of ether oxygens (including phenoxy) is 3. The van der Waals surface area contributed by atoms with Crippen molar-refractivity contribution in [1.82, 2.24) is 0 Å². The number of cyclic esters (lactones) is 1. The SMILES string of the molecule is CCOc1cc(/C=C2/N=C(c3sc4cc(Br)ccc4c3Cl)OC2=O)ccc1OC(=O)/C=C/c1ccccc1. The van der Waals surface area contributed by atoms with E-state index in [1.165, 1.54) is 17.4 Å². The first-order valence-electron chi connectivity index (χ1n) is 11.5. The maximum atomic E-state index is 12.6. The topological polar surface area (TPSA) is 74.2 Å². The summed E-state index contributed by atoms with van der Waals surface area (Å²) in [6.07, 6.45) is 4.60. The first-order valence-corrected chi connectivity index (χ1v) is 13.5. The van der Waals surface area contributed by atoms with Crippen LogP contribution in [0.15, 0.2) is 88.0 Å². The Morgan fingerprint density at radius 3 is 2.68 bits per heavy atom. The molecule has 0 saturated carbocycles. The molecule has 4 aromatic rings. The number of fused-ring (bicyclic) bond motifs is 1. The molecule has 0 atom stereocenters. The van der Waals surface area contributed by atoms with Crippen molar-refractivity contribution in [2.75, 3.05) is 6.61 Å². The fourth-order valence-corrected chi connectivity index (χ4v) is 5.67. The van der Waals surface area contributed by atoms with Crippen LogP contribution in [0.3, 0.4) is 0 Å². The van der Waals surface area contributed by atoms with Crippen molar-refractivity contribution in [3.8, 4) is 11.5 Å². The van der Waals surface area contributed by atoms with Crippen LogP contribution < -0.4 is 9.47 Å². The third-order valence-electron chi connectivity index (χ3n) is 5.40. The number of esters is 2. The van der Waals surface area contributed by atoms with E-state index in [0.717, 1.165) is 20.1 Å². The number of benzene rings is 3. The third kappa shape index (κ3) is 5.72. The van der Waals surface area contributed by atoms with E-state index in [1.54, 1.807) is 30.4 Å². The summed E-state index contributed by atoms with van der Waals surface area (Å²) in [6, 6.07) is 20.2. The van der Waals surface area contributed by atoms with Gasteiger partial charge in [0.15, 0.2) is 17.2 Å². The fourth-order valence-electron chi connectivity index (χ4n) is 3.68. The standard InChI is InChI=1S/C29H19BrClNO5S/c1-2-35-23-15-18(8-12-22(23)36-25(33)13-9-17-6-4-3-5-7-17)14-21-29(34)37-28(32-21)27-26(31)20-11-10-19(30)16-24(20)38-27/h3-16H,2H2,1H3/b13-9+,21-14+. The van der Waals surface area contributed by atoms with Crippen LogP contribution in [0.25, 0.3) is 22.2 Å². The minimum absolute atomic E-state index is 0.118. The average molecular weight is 609 g/mol. The second kappa shape index (κ2) is 11.3. The van der Waals surface area contributed by atoms with Crippen LogP contribution in [0.5, 0.6) is 11.5 Å². The molecule has 1 aliphatic heterocycles. The molecule has 3 aromatic carbocycles. The Labute approximate surface area is 235 Å². The van der Waals surface area contributed by atoms with E-state index in [0.29, 0.717) is 27.8 Å². The smallest absolute Gasteiger partial charge is 0.363 e. The molecule has 0 fully saturated rings. The van der Waals surface area contributed by atoms with Gasteiger partial charge in [-0.2, -0.15) is 0 Å². The van der Waals surface area contributed by atoms with E-state index in [4.69, 9.17) is 25.8 Å². The number of thiophene rings is 1. The van der Waals surface area contributed by atoms with E-state index in [2.05, 4.69) is 20.9 Å². The van der Waals surface area contributed by atoms with Crippen LogP contribution in [0.1, 0.15) is 22.9 Å². The van der Waals surface area contributed by atoms with Crippen molar-refractivity contribution >= 4 is 78.9 Å². The zero-order chi connectivity index (χ0) is 26.6. The molecule has 0 amide bonds. The van der Waals surface area contributed by atoms with Gasteiger partial charge in [0.25, 0.3) is 0 Å². The Bertz CT molecular complexity index is 1640. The number of carbonyl (C=O) groups excluding carboxylic acids is 2. The summed E-state index contributed by atoms with van der Waals surface area (Å²) < 4.78 is 18.5. The van der Waals surface area contributed by atoms with Gasteiger partial charge >= 0.3 is 11.9 Å². The lowest BCUT2D eigenvalue weighted by molar-refractivity contribution is -0.130. The quantitative estimate of drug-likeness (QED) is 0.122. The van der Waals surface area contributed by atoms with E-state index in [9.17, 15) is 9.59 Å². The Kier molecular flexibility index (Phi) is 7.74. The maximum Gasteiger partial charge on any atom is 0.363 e. The predicted octanol–water partition coefficient (Wildman–Crippen LogP) is 7.68. The molecule has 9 heteroatoms. The normalized spacial score (nSPS) is 14.2. The average Bonchev–Trinajstić information content (AvgIpc) is 3.43. The number of nitrogens with zero attached hydrogens (tertiary/aromatic N) is 1. The van der Waals surface area contributed by atoms with Gasteiger partial charge in [-0.1, -0.05) is 70.0 Å². The number of aliphatic imine (C=N–C) groups is 1. The molecule has 6 nitrogen and oxygen atoms in total. The lowest BCUT2D eigenvalue weighted by atomic mass is 10.1. The molecular weight excluding hydrogens is 590 g/mol. The molecule has 0 bridgehead atoms. The lowest BCUT2D eigenvalue weighted by Gasteiger charge is -2.10. The number of rotatable bonds is 7. The summed E-state index contributed by atoms with van der Waals surface area (Å²) in [4.78, 5) is 29.9. The largest absolute Gasteiger partial charge is 0.490 e. The van der Waals surface area contributed by atoms with Gasteiger partial charge < -0.3 is 14.2 Å². The number of halogens is 2. The first kappa shape index (κ1) is 25.9. The molecule has 0 N–H and O–H groups in total. The van der Waals surface area contributed by atoms with Gasteiger partial charge in [-0.05, 0) is 54.5 Å². The van der Waals surface area contributed by atoms with Crippen LogP contribution in [-0.4, -0.2) is 24.4 Å². The summed E-state index contributed by atoms with van der Waals surface area (Å²) in [7, 11) is 0. The van der Waals surface area contributed by atoms with Gasteiger partial charge in [0, 0.05) is 20.6 Å². The number of hydrogen-bond acceptors (Lipinski definition) is 7. The van der Waals surface area contributed by atoms with Crippen molar-refractivity contribution in [1.29, 1.82) is 0 Å². The van der Waals surface area contributed by atoms with Crippen LogP contribution in [0.2, 0.25) is 5.02 Å². The molecule has 2 heterocycles. The monoisotopic (exact) mass is 607 g/mol. The van der Waals surface area contributed by atoms with Crippen molar-refractivity contribution in [3.05, 3.63) is 104 Å². The molecule has 0 saturated heterocycles. The van der Waals surface area contributed by atoms with Crippen LogP contribution in [0, 0.1) is 0 Å². The highest BCUT2D eigenvalue weighted by Gasteiger charge is 2.28. The second-order valence-electron chi connectivity index (χ2n) is 8.03. The van der Waals surface area contributed by atoms with Gasteiger partial charge in [0.1, 0.15) is 4.88 Å². The first-order chi connectivity index (χ1) is 18.4. The molecular formula is C29H19BrClNO5S. The highest BCUT2D eigenvalue weighted by molar-refractivity contribution is 9.10. The molecule has 190 valence electrons. The molecule has 5 rings (SSSR count). The van der Waals surface area contributed by atoms with Gasteiger partial charge in [-0.25, -0.2) is 14.6 Å². The lowest BCUT2D eigenvalue weighted by Crippen LogP contribution is -2.06. The van der Waals surface area contributed by atoms with Crippen molar-refractivity contribution in [2.45, 2.75) is 6.92 Å². The van der Waals surface area contributed by atoms with Gasteiger partial charge in [-0.15, -0.1) is 11.3 Å². The van der Waals surface area contributed by atoms with E-state index in [1.807, 2.05) is 55.5 Å². The molecule has 0 aliphatic carbocycles. The summed E-state index contributed by atoms with van der Waals surface area (Å²) in [5.74, 6) is -0.351. The van der Waals surface area contributed by atoms with Gasteiger partial charge in [0.2, 0.25) is 5.90 Å². The molecule has 38 heavy (non-hydrogen) atoms. The summed E-state index contributed by atoms with van der Waals surface area (Å²) in [5.41, 5.74) is 1.62. The Hall–Kier alpha value is -3.72. The Balaban J connectivity index is 1.38. The summed E-state index contributed by atoms with van der Waals surface area (Å²) in [6.45, 7) is 2.18. The van der Waals surface area contributed by atoms with Gasteiger partial charge in [-0.3, -0.25) is 0 Å². The highest BCUT2D eigenvalue weighted by Crippen LogP contribution is 2.39. The summed E-state index contributed by atoms with van der Waals surface area (Å²) in [5, 5.41) is 1.34. The fraction of sp³-hybridized carbons (Fsp3) is 0.0690. The van der Waals surface area contributed by atoms with Gasteiger partial charge in [0.05, 0.1) is 11.6 Å². The molecule has 0 radical (unpaired) electrons. The zero-order valence-corrected chi connectivity index (χ0v) is 23.1. The molecule has 1 aliphatic rings. The zero-order valence-electron chi connectivity index (χ0n) is 19.9. The minimum Gasteiger partial charge on any atom is -0.490 e. The van der Waals surface area contributed by atoms with E-state index in [-0.39, 0.29) is 17.3 Å². The Morgan fingerprint density at radius 2 is 1.89 bits per heavy atom. The van der Waals surface area contributed by atoms with Crippen LogP contribution in [-0.2, 0) is 14.3 Å². The second-order valence-corrected chi connectivity index (χ2v) is 10.4. The van der Waals surface area contributed by atoms with Crippen molar-refractivity contribution in [3.63, 3.8) is 0 Å². The number of carbonyl (C=O) groups is 2. The molecule has 0 unspecified atom stereocenters. The Morgan fingerprint density at radius 1 is 1.08 bits per heavy atom. The number of hydrogen-bond donors (Lipinski definition) is 0. The van der Waals surface area contributed by atoms with Crippen LogP contribution >= 0.6 is 38.9 Å². The summed E-state index contributed by atoms with van der Waals surface area (Å²) >= 11 is 11.4.